The number of carbonyl (C=O) groups is 1. The van der Waals surface area contributed by atoms with Gasteiger partial charge in [-0.05, 0) is 41.5 Å². The molecule has 0 atom stereocenters. The quantitative estimate of drug-likeness (QED) is 0.215. The summed E-state index contributed by atoms with van der Waals surface area (Å²) in [5.41, 5.74) is 6.91. The fourth-order valence-corrected chi connectivity index (χ4v) is 4.03. The largest absolute Gasteiger partial charge is 0.488 e. The van der Waals surface area contributed by atoms with Crippen LogP contribution in [0.25, 0.3) is 10.9 Å². The third kappa shape index (κ3) is 5.33. The van der Waals surface area contributed by atoms with E-state index in [1.165, 1.54) is 12.1 Å². The highest BCUT2D eigenvalue weighted by molar-refractivity contribution is 6.01. The third-order valence-electron chi connectivity index (χ3n) is 5.82. The molecule has 36 heavy (non-hydrogen) atoms. The zero-order valence-corrected chi connectivity index (χ0v) is 19.5. The molecule has 0 saturated heterocycles. The van der Waals surface area contributed by atoms with E-state index in [1.54, 1.807) is 36.5 Å². The van der Waals surface area contributed by atoms with Crippen molar-refractivity contribution in [3.63, 3.8) is 0 Å². The van der Waals surface area contributed by atoms with Gasteiger partial charge in [-0.2, -0.15) is 5.10 Å². The topological polar surface area (TPSA) is 55.6 Å². The van der Waals surface area contributed by atoms with Gasteiger partial charge in [0.05, 0.1) is 11.8 Å². The van der Waals surface area contributed by atoms with E-state index in [1.807, 2.05) is 66.9 Å². The Balaban J connectivity index is 1.31. The molecule has 6 heteroatoms. The Hall–Kier alpha value is -4.71. The number of nitrogens with one attached hydrogen (secondary N) is 1. The number of rotatable bonds is 8. The summed E-state index contributed by atoms with van der Waals surface area (Å²) in [6.07, 6.45) is 3.61. The first-order valence-corrected chi connectivity index (χ1v) is 11.6. The zero-order valence-electron chi connectivity index (χ0n) is 19.5. The van der Waals surface area contributed by atoms with Crippen LogP contribution in [-0.4, -0.2) is 16.7 Å². The SMILES string of the molecule is O=C(N/N=C/c1cn(Cc2ccc(F)cc2)c2ccccc12)c1ccccc1OCc1ccccc1. The summed E-state index contributed by atoms with van der Waals surface area (Å²) in [7, 11) is 0. The van der Waals surface area contributed by atoms with Gasteiger partial charge in [0, 0.05) is 29.2 Å². The molecule has 0 bridgehead atoms. The lowest BCUT2D eigenvalue weighted by Crippen LogP contribution is -2.18. The number of carbonyl (C=O) groups excluding carboxylic acids is 1. The van der Waals surface area contributed by atoms with Crippen molar-refractivity contribution >= 4 is 23.0 Å². The first-order chi connectivity index (χ1) is 17.7. The van der Waals surface area contributed by atoms with Crippen molar-refractivity contribution in [2.75, 3.05) is 0 Å². The van der Waals surface area contributed by atoms with Crippen LogP contribution in [0.15, 0.2) is 114 Å². The van der Waals surface area contributed by atoms with Crippen LogP contribution in [0.1, 0.15) is 27.0 Å². The molecule has 0 radical (unpaired) electrons. The highest BCUT2D eigenvalue weighted by Gasteiger charge is 2.12. The van der Waals surface area contributed by atoms with Crippen LogP contribution < -0.4 is 10.2 Å². The summed E-state index contributed by atoms with van der Waals surface area (Å²) in [5.74, 6) is -0.123. The molecule has 5 aromatic rings. The Labute approximate surface area is 208 Å². The number of halogens is 1. The van der Waals surface area contributed by atoms with Crippen LogP contribution in [-0.2, 0) is 13.2 Å². The first kappa shape index (κ1) is 23.1. The lowest BCUT2D eigenvalue weighted by Gasteiger charge is -2.10. The second-order valence-corrected chi connectivity index (χ2v) is 8.33. The predicted octanol–water partition coefficient (Wildman–Crippen LogP) is 6.17. The maximum absolute atomic E-state index is 13.3. The van der Waals surface area contributed by atoms with Crippen molar-refractivity contribution in [2.45, 2.75) is 13.2 Å². The van der Waals surface area contributed by atoms with Crippen LogP contribution >= 0.6 is 0 Å². The molecule has 178 valence electrons. The van der Waals surface area contributed by atoms with Gasteiger partial charge in [-0.15, -0.1) is 0 Å². The van der Waals surface area contributed by atoms with Crippen LogP contribution in [0.3, 0.4) is 0 Å². The number of benzene rings is 4. The van der Waals surface area contributed by atoms with Crippen molar-refractivity contribution < 1.29 is 13.9 Å². The minimum absolute atomic E-state index is 0.258. The molecule has 4 aromatic carbocycles. The van der Waals surface area contributed by atoms with E-state index in [2.05, 4.69) is 15.1 Å². The van der Waals surface area contributed by atoms with Crippen molar-refractivity contribution in [1.82, 2.24) is 9.99 Å². The van der Waals surface area contributed by atoms with Gasteiger partial charge in [0.1, 0.15) is 18.2 Å². The van der Waals surface area contributed by atoms with E-state index in [0.29, 0.717) is 24.5 Å². The molecule has 0 unspecified atom stereocenters. The Kier molecular flexibility index (Phi) is 6.85. The fraction of sp³-hybridized carbons (Fsp3) is 0.0667. The number of nitrogens with zero attached hydrogens (tertiary/aromatic N) is 2. The lowest BCUT2D eigenvalue weighted by atomic mass is 10.2. The van der Waals surface area contributed by atoms with Crippen LogP contribution in [0.4, 0.5) is 4.39 Å². The normalized spacial score (nSPS) is 11.1. The molecular weight excluding hydrogens is 453 g/mol. The number of amides is 1. The number of hydrogen-bond donors (Lipinski definition) is 1. The number of hydrogen-bond acceptors (Lipinski definition) is 3. The summed E-state index contributed by atoms with van der Waals surface area (Å²) in [6, 6.07) is 31.3. The Morgan fingerprint density at radius 2 is 1.58 bits per heavy atom. The average Bonchev–Trinajstić information content (AvgIpc) is 3.26. The summed E-state index contributed by atoms with van der Waals surface area (Å²) in [5, 5.41) is 5.22. The molecule has 5 nitrogen and oxygen atoms in total. The minimum atomic E-state index is -0.357. The zero-order chi connectivity index (χ0) is 24.7. The summed E-state index contributed by atoms with van der Waals surface area (Å²) >= 11 is 0. The van der Waals surface area contributed by atoms with E-state index in [-0.39, 0.29) is 11.7 Å². The van der Waals surface area contributed by atoms with Gasteiger partial charge >= 0.3 is 0 Å². The molecule has 1 N–H and O–H groups in total. The van der Waals surface area contributed by atoms with Gasteiger partial charge < -0.3 is 9.30 Å². The molecule has 1 amide bonds. The number of hydrazone groups is 1. The second kappa shape index (κ2) is 10.7. The summed E-state index contributed by atoms with van der Waals surface area (Å²) in [4.78, 5) is 12.9. The van der Waals surface area contributed by atoms with Gasteiger partial charge in [0.2, 0.25) is 0 Å². The van der Waals surface area contributed by atoms with E-state index in [9.17, 15) is 9.18 Å². The van der Waals surface area contributed by atoms with Crippen LogP contribution in [0.5, 0.6) is 5.75 Å². The molecule has 1 heterocycles. The van der Waals surface area contributed by atoms with Crippen molar-refractivity contribution in [2.24, 2.45) is 5.10 Å². The molecule has 0 fully saturated rings. The van der Waals surface area contributed by atoms with Crippen LogP contribution in [0, 0.1) is 5.82 Å². The highest BCUT2D eigenvalue weighted by atomic mass is 19.1. The van der Waals surface area contributed by atoms with E-state index in [4.69, 9.17) is 4.74 Å². The third-order valence-corrected chi connectivity index (χ3v) is 5.82. The Morgan fingerprint density at radius 1 is 0.861 bits per heavy atom. The second-order valence-electron chi connectivity index (χ2n) is 8.33. The van der Waals surface area contributed by atoms with Gasteiger partial charge in [-0.3, -0.25) is 4.79 Å². The number of fused-ring (bicyclic) bond motifs is 1. The van der Waals surface area contributed by atoms with Crippen molar-refractivity contribution in [1.29, 1.82) is 0 Å². The van der Waals surface area contributed by atoms with Crippen molar-refractivity contribution in [3.05, 3.63) is 137 Å². The maximum atomic E-state index is 13.3. The van der Waals surface area contributed by atoms with Gasteiger partial charge in [-0.25, -0.2) is 9.82 Å². The fourth-order valence-electron chi connectivity index (χ4n) is 4.03. The van der Waals surface area contributed by atoms with E-state index < -0.39 is 0 Å². The predicted molar refractivity (Wildman–Crippen MR) is 140 cm³/mol. The van der Waals surface area contributed by atoms with Gasteiger partial charge in [-0.1, -0.05) is 72.8 Å². The van der Waals surface area contributed by atoms with E-state index in [0.717, 1.165) is 27.6 Å². The summed E-state index contributed by atoms with van der Waals surface area (Å²) < 4.78 is 21.3. The molecule has 0 aliphatic carbocycles. The molecule has 0 saturated carbocycles. The molecule has 5 rings (SSSR count). The highest BCUT2D eigenvalue weighted by Crippen LogP contribution is 2.22. The molecule has 0 aliphatic rings. The number of para-hydroxylation sites is 2. The maximum Gasteiger partial charge on any atom is 0.275 e. The van der Waals surface area contributed by atoms with Gasteiger partial charge in [0.25, 0.3) is 5.91 Å². The Bertz CT molecular complexity index is 1510. The first-order valence-electron chi connectivity index (χ1n) is 11.6. The van der Waals surface area contributed by atoms with Gasteiger partial charge in [0.15, 0.2) is 0 Å². The number of aromatic nitrogens is 1. The smallest absolute Gasteiger partial charge is 0.275 e. The van der Waals surface area contributed by atoms with Crippen LogP contribution in [0.2, 0.25) is 0 Å². The van der Waals surface area contributed by atoms with Crippen molar-refractivity contribution in [3.8, 4) is 5.75 Å². The standard InChI is InChI=1S/C30H24FN3O2/c31-25-16-14-22(15-17-25)19-34-20-24(26-10-4-6-12-28(26)34)18-32-33-30(35)27-11-5-7-13-29(27)36-21-23-8-2-1-3-9-23/h1-18,20H,19,21H2,(H,33,35)/b32-18+. The Morgan fingerprint density at radius 3 is 2.42 bits per heavy atom. The van der Waals surface area contributed by atoms with E-state index >= 15 is 0 Å². The monoisotopic (exact) mass is 477 g/mol. The number of ether oxygens (including phenoxy) is 1. The molecule has 0 spiro atoms. The lowest BCUT2D eigenvalue weighted by molar-refractivity contribution is 0.0950. The molecule has 1 aromatic heterocycles. The average molecular weight is 478 g/mol. The molecule has 0 aliphatic heterocycles. The minimum Gasteiger partial charge on any atom is -0.488 e. The summed E-state index contributed by atoms with van der Waals surface area (Å²) in [6.45, 7) is 0.953. The molecular formula is C30H24FN3O2.